The first-order valence-electron chi connectivity index (χ1n) is 4.06. The Morgan fingerprint density at radius 1 is 0.750 bits per heavy atom. The third-order valence-corrected chi connectivity index (χ3v) is 2.87. The highest BCUT2D eigenvalue weighted by Gasteiger charge is 1.92. The molecule has 0 aliphatic rings. The quantitative estimate of drug-likeness (QED) is 0.548. The maximum atomic E-state index is 2.42. The third-order valence-electron chi connectivity index (χ3n) is 1.79. The number of aryl methyl sites for hydroxylation is 2. The van der Waals surface area contributed by atoms with Gasteiger partial charge >= 0.3 is 0 Å². The smallest absolute Gasteiger partial charge is 0.00358 e. The van der Waals surface area contributed by atoms with Crippen LogP contribution in [0, 0.1) is 0 Å². The number of hydrogen-bond donors (Lipinski definition) is 0. The van der Waals surface area contributed by atoms with Crippen molar-refractivity contribution in [1.82, 2.24) is 0 Å². The minimum Gasteiger partial charge on any atom is -0.0860 e. The van der Waals surface area contributed by atoms with E-state index in [1.165, 1.54) is 32.8 Å². The number of hydrogen-bond acceptors (Lipinski definition) is 0. The second-order valence-electron chi connectivity index (χ2n) is 2.69. The van der Waals surface area contributed by atoms with Gasteiger partial charge in [0.2, 0.25) is 0 Å². The van der Waals surface area contributed by atoms with Crippen molar-refractivity contribution in [1.29, 1.82) is 0 Å². The lowest BCUT2D eigenvalue weighted by molar-refractivity contribution is 1.14. The van der Waals surface area contributed by atoms with Crippen molar-refractivity contribution in [3.8, 4) is 0 Å². The van der Waals surface area contributed by atoms with E-state index in [4.69, 9.17) is 0 Å². The van der Waals surface area contributed by atoms with Gasteiger partial charge in [-0.05, 0) is 24.0 Å². The molecule has 0 spiro atoms. The molecule has 0 N–H and O–H groups in total. The fraction of sp³-hybridized carbons (Fsp3) is 0.400. The summed E-state index contributed by atoms with van der Waals surface area (Å²) < 4.78 is 2.42. The van der Waals surface area contributed by atoms with Gasteiger partial charge in [-0.3, -0.25) is 0 Å². The van der Waals surface area contributed by atoms with Crippen molar-refractivity contribution < 1.29 is 0 Å². The largest absolute Gasteiger partial charge is 0.0860 e. The summed E-state index contributed by atoms with van der Waals surface area (Å²) in [7, 11) is 0. The van der Waals surface area contributed by atoms with E-state index < -0.39 is 0 Å². The second-order valence-corrected chi connectivity index (χ2v) is 4.85. The summed E-state index contributed by atoms with van der Waals surface area (Å²) in [6.07, 6.45) is 2.40. The van der Waals surface area contributed by atoms with Crippen molar-refractivity contribution in [3.05, 3.63) is 35.4 Å². The lowest BCUT2D eigenvalue weighted by Crippen LogP contribution is -1.88. The molecule has 1 rings (SSSR count). The van der Waals surface area contributed by atoms with Gasteiger partial charge in [-0.25, -0.2) is 0 Å². The average Bonchev–Trinajstić information content (AvgIpc) is 2.09. The molecule has 1 aromatic carbocycles. The highest BCUT2D eigenvalue weighted by molar-refractivity contribution is 14.1. The van der Waals surface area contributed by atoms with Crippen LogP contribution in [-0.4, -0.2) is 8.86 Å². The van der Waals surface area contributed by atoms with Gasteiger partial charge in [0.25, 0.3) is 0 Å². The number of halogens is 2. The summed E-state index contributed by atoms with van der Waals surface area (Å²) in [5.41, 5.74) is 2.92. The Labute approximate surface area is 101 Å². The highest BCUT2D eigenvalue weighted by atomic mass is 127. The maximum absolute atomic E-state index is 2.42. The molecule has 1 aromatic rings. The Balaban J connectivity index is 2.58. The van der Waals surface area contributed by atoms with Crippen molar-refractivity contribution in [3.63, 3.8) is 0 Å². The zero-order valence-corrected chi connectivity index (χ0v) is 11.2. The average molecular weight is 386 g/mol. The maximum Gasteiger partial charge on any atom is 0.00358 e. The normalized spacial score (nSPS) is 10.2. The highest BCUT2D eigenvalue weighted by Crippen LogP contribution is 2.07. The molecule has 2 heteroatoms. The van der Waals surface area contributed by atoms with Crippen LogP contribution in [0.1, 0.15) is 11.1 Å². The van der Waals surface area contributed by atoms with Gasteiger partial charge in [-0.2, -0.15) is 0 Å². The molecule has 0 aliphatic carbocycles. The summed E-state index contributed by atoms with van der Waals surface area (Å²) in [6, 6.07) is 9.00. The number of alkyl halides is 2. The molecule has 0 aliphatic heterocycles. The topological polar surface area (TPSA) is 0 Å². The molecule has 12 heavy (non-hydrogen) atoms. The molecule has 0 aromatic heterocycles. The molecule has 0 bridgehead atoms. The summed E-state index contributed by atoms with van der Waals surface area (Å²) in [4.78, 5) is 0. The van der Waals surface area contributed by atoms with Crippen LogP contribution in [0.3, 0.4) is 0 Å². The Kier molecular flexibility index (Phi) is 5.54. The Hall–Kier alpha value is 0.680. The lowest BCUT2D eigenvalue weighted by Gasteiger charge is -2.00. The predicted octanol–water partition coefficient (Wildman–Crippen LogP) is 3.64. The van der Waals surface area contributed by atoms with Crippen LogP contribution >= 0.6 is 45.2 Å². The molecule has 0 radical (unpaired) electrons. The third kappa shape index (κ3) is 3.60. The van der Waals surface area contributed by atoms with Gasteiger partial charge < -0.3 is 0 Å². The first kappa shape index (κ1) is 10.8. The predicted molar refractivity (Wildman–Crippen MR) is 71.6 cm³/mol. The molecular formula is C10H12I2. The zero-order valence-electron chi connectivity index (χ0n) is 6.89. The van der Waals surface area contributed by atoms with E-state index in [-0.39, 0.29) is 0 Å². The van der Waals surface area contributed by atoms with Crippen LogP contribution in [0.5, 0.6) is 0 Å². The molecule has 0 saturated carbocycles. The van der Waals surface area contributed by atoms with Crippen LogP contribution in [0.25, 0.3) is 0 Å². The van der Waals surface area contributed by atoms with E-state index in [9.17, 15) is 0 Å². The molecule has 0 atom stereocenters. The van der Waals surface area contributed by atoms with E-state index in [1.807, 2.05) is 0 Å². The molecular weight excluding hydrogens is 374 g/mol. The molecule has 0 fully saturated rings. The Bertz CT molecular complexity index is 191. The van der Waals surface area contributed by atoms with Gasteiger partial charge in [0.1, 0.15) is 0 Å². The lowest BCUT2D eigenvalue weighted by atomic mass is 10.1. The Morgan fingerprint density at radius 3 is 1.33 bits per heavy atom. The van der Waals surface area contributed by atoms with Crippen LogP contribution in [0.4, 0.5) is 0 Å². The molecule has 0 unspecified atom stereocenters. The van der Waals surface area contributed by atoms with Gasteiger partial charge in [-0.15, -0.1) is 0 Å². The molecule has 0 saturated heterocycles. The zero-order chi connectivity index (χ0) is 8.81. The molecule has 0 heterocycles. The van der Waals surface area contributed by atoms with E-state index in [0.717, 1.165) is 0 Å². The van der Waals surface area contributed by atoms with Crippen LogP contribution in [0.2, 0.25) is 0 Å². The van der Waals surface area contributed by atoms with Gasteiger partial charge in [-0.1, -0.05) is 69.4 Å². The SMILES string of the molecule is ICCc1ccc(CCI)cc1. The summed E-state index contributed by atoms with van der Waals surface area (Å²) in [5, 5.41) is 0. The number of rotatable bonds is 4. The van der Waals surface area contributed by atoms with Crippen molar-refractivity contribution in [2.45, 2.75) is 12.8 Å². The first-order valence-corrected chi connectivity index (χ1v) is 7.11. The first-order chi connectivity index (χ1) is 5.86. The van der Waals surface area contributed by atoms with Crippen LogP contribution in [-0.2, 0) is 12.8 Å². The standard InChI is InChI=1S/C10H12I2/c11-7-5-9-1-2-10(4-3-9)6-8-12/h1-4H,5-8H2. The van der Waals surface area contributed by atoms with Crippen LogP contribution in [0.15, 0.2) is 24.3 Å². The minimum absolute atomic E-state index is 1.20. The van der Waals surface area contributed by atoms with Gasteiger partial charge in [0, 0.05) is 8.86 Å². The van der Waals surface area contributed by atoms with Crippen LogP contribution < -0.4 is 0 Å². The monoisotopic (exact) mass is 386 g/mol. The summed E-state index contributed by atoms with van der Waals surface area (Å²) >= 11 is 4.83. The summed E-state index contributed by atoms with van der Waals surface area (Å²) in [6.45, 7) is 0. The van der Waals surface area contributed by atoms with E-state index in [2.05, 4.69) is 69.4 Å². The van der Waals surface area contributed by atoms with E-state index >= 15 is 0 Å². The van der Waals surface area contributed by atoms with Crippen molar-refractivity contribution in [2.24, 2.45) is 0 Å². The molecule has 66 valence electrons. The fourth-order valence-corrected chi connectivity index (χ4v) is 2.34. The minimum atomic E-state index is 1.20. The van der Waals surface area contributed by atoms with Crippen molar-refractivity contribution >= 4 is 45.2 Å². The Morgan fingerprint density at radius 2 is 1.08 bits per heavy atom. The van der Waals surface area contributed by atoms with Gasteiger partial charge in [0.05, 0.1) is 0 Å². The fourth-order valence-electron chi connectivity index (χ4n) is 1.09. The van der Waals surface area contributed by atoms with Gasteiger partial charge in [0.15, 0.2) is 0 Å². The van der Waals surface area contributed by atoms with Crippen molar-refractivity contribution in [2.75, 3.05) is 8.86 Å². The second kappa shape index (κ2) is 6.18. The molecule has 0 amide bonds. The molecule has 0 nitrogen and oxygen atoms in total. The van der Waals surface area contributed by atoms with E-state index in [1.54, 1.807) is 0 Å². The summed E-state index contributed by atoms with van der Waals surface area (Å²) in [5.74, 6) is 0. The number of benzene rings is 1. The van der Waals surface area contributed by atoms with E-state index in [0.29, 0.717) is 0 Å².